The van der Waals surface area contributed by atoms with Crippen molar-refractivity contribution in [2.75, 3.05) is 0 Å². The number of non-ortho nitro benzene ring substituents is 1. The topological polar surface area (TPSA) is 108 Å². The SMILES string of the molecule is Cc1c(Cl)cccc1N=Cc1cc(Br)cc(Br)c1Oc1ccc([N+](=O)[O-])cc1[N+](=O)[O-]. The highest BCUT2D eigenvalue weighted by molar-refractivity contribution is 9.11. The molecule has 0 heterocycles. The number of nitro groups is 2. The predicted molar refractivity (Wildman–Crippen MR) is 125 cm³/mol. The molecule has 3 aromatic carbocycles. The zero-order valence-electron chi connectivity index (χ0n) is 15.7. The molecule has 0 N–H and O–H groups in total. The van der Waals surface area contributed by atoms with E-state index in [4.69, 9.17) is 16.3 Å². The molecule has 0 fully saturated rings. The van der Waals surface area contributed by atoms with Gasteiger partial charge in [-0.25, -0.2) is 0 Å². The summed E-state index contributed by atoms with van der Waals surface area (Å²) < 4.78 is 7.03. The molecule has 0 aliphatic carbocycles. The highest BCUT2D eigenvalue weighted by atomic mass is 79.9. The number of ether oxygens (including phenoxy) is 1. The number of rotatable bonds is 6. The monoisotopic (exact) mass is 567 g/mol. The molecule has 0 aliphatic rings. The molecule has 11 heteroatoms. The van der Waals surface area contributed by atoms with Gasteiger partial charge in [0.05, 0.1) is 26.1 Å². The molecule has 0 bridgehead atoms. The van der Waals surface area contributed by atoms with E-state index < -0.39 is 21.2 Å². The Balaban J connectivity index is 2.07. The second kappa shape index (κ2) is 9.54. The van der Waals surface area contributed by atoms with Crippen molar-refractivity contribution in [1.29, 1.82) is 0 Å². The quantitative estimate of drug-likeness (QED) is 0.173. The molecule has 158 valence electrons. The number of hydrogen-bond acceptors (Lipinski definition) is 6. The lowest BCUT2D eigenvalue weighted by Crippen LogP contribution is -1.98. The minimum atomic E-state index is -0.738. The molecule has 0 aliphatic heterocycles. The van der Waals surface area contributed by atoms with Crippen LogP contribution >= 0.6 is 43.5 Å². The summed E-state index contributed by atoms with van der Waals surface area (Å²) in [4.78, 5) is 25.4. The number of hydrogen-bond donors (Lipinski definition) is 0. The summed E-state index contributed by atoms with van der Waals surface area (Å²) in [5.41, 5.74) is 1.01. The summed E-state index contributed by atoms with van der Waals surface area (Å²) in [6, 6.07) is 11.9. The van der Waals surface area contributed by atoms with Gasteiger partial charge in [0.2, 0.25) is 5.75 Å². The maximum absolute atomic E-state index is 11.4. The first kappa shape index (κ1) is 22.9. The summed E-state index contributed by atoms with van der Waals surface area (Å²) in [6.45, 7) is 1.84. The first-order valence-electron chi connectivity index (χ1n) is 8.56. The van der Waals surface area contributed by atoms with Crippen molar-refractivity contribution in [3.8, 4) is 11.5 Å². The van der Waals surface area contributed by atoms with Crippen LogP contribution in [0.1, 0.15) is 11.1 Å². The fourth-order valence-corrected chi connectivity index (χ4v) is 4.13. The van der Waals surface area contributed by atoms with E-state index >= 15 is 0 Å². The fourth-order valence-electron chi connectivity index (χ4n) is 2.62. The third kappa shape index (κ3) is 5.27. The molecular weight excluding hydrogens is 557 g/mol. The average Bonchev–Trinajstić information content (AvgIpc) is 2.71. The molecule has 0 unspecified atom stereocenters. The van der Waals surface area contributed by atoms with Crippen LogP contribution in [0.25, 0.3) is 0 Å². The summed E-state index contributed by atoms with van der Waals surface area (Å²) in [5, 5.41) is 23.0. The van der Waals surface area contributed by atoms with Crippen molar-refractivity contribution in [2.24, 2.45) is 4.99 Å². The lowest BCUT2D eigenvalue weighted by Gasteiger charge is -2.12. The molecule has 0 saturated heterocycles. The number of halogens is 3. The van der Waals surface area contributed by atoms with E-state index in [0.29, 0.717) is 25.2 Å². The van der Waals surface area contributed by atoms with Crippen molar-refractivity contribution in [3.63, 3.8) is 0 Å². The number of benzene rings is 3. The first-order valence-corrected chi connectivity index (χ1v) is 10.5. The van der Waals surface area contributed by atoms with Crippen molar-refractivity contribution >= 4 is 66.7 Å². The van der Waals surface area contributed by atoms with Gasteiger partial charge < -0.3 is 4.74 Å². The zero-order valence-corrected chi connectivity index (χ0v) is 19.6. The predicted octanol–water partition coefficient (Wildman–Crippen LogP) is 7.53. The Morgan fingerprint density at radius 1 is 1.06 bits per heavy atom. The number of aliphatic imine (C=N–C) groups is 1. The molecule has 3 aromatic rings. The van der Waals surface area contributed by atoms with Gasteiger partial charge in [-0.3, -0.25) is 25.2 Å². The van der Waals surface area contributed by atoms with Gasteiger partial charge in [-0.2, -0.15) is 0 Å². The Morgan fingerprint density at radius 2 is 1.81 bits per heavy atom. The van der Waals surface area contributed by atoms with Crippen molar-refractivity contribution in [1.82, 2.24) is 0 Å². The molecule has 0 amide bonds. The van der Waals surface area contributed by atoms with Gasteiger partial charge in [-0.15, -0.1) is 0 Å². The second-order valence-electron chi connectivity index (χ2n) is 6.22. The standard InChI is InChI=1S/C20H12Br2ClN3O5/c1-11-16(23)3-2-4-17(11)24-10-12-7-13(21)8-15(22)20(12)31-19-6-5-14(25(27)28)9-18(19)26(29)30/h2-10H,1H3. The van der Waals surface area contributed by atoms with Gasteiger partial charge in [-0.05, 0) is 58.7 Å². The van der Waals surface area contributed by atoms with Crippen LogP contribution in [0.5, 0.6) is 11.5 Å². The van der Waals surface area contributed by atoms with Gasteiger partial charge in [0.15, 0.2) is 5.75 Å². The third-order valence-electron chi connectivity index (χ3n) is 4.18. The van der Waals surface area contributed by atoms with Crippen LogP contribution < -0.4 is 4.74 Å². The van der Waals surface area contributed by atoms with E-state index in [1.54, 1.807) is 36.5 Å². The zero-order chi connectivity index (χ0) is 22.7. The van der Waals surface area contributed by atoms with Crippen molar-refractivity contribution < 1.29 is 14.6 Å². The summed E-state index contributed by atoms with van der Waals surface area (Å²) in [6.07, 6.45) is 1.54. The van der Waals surface area contributed by atoms with Gasteiger partial charge in [0, 0.05) is 27.3 Å². The van der Waals surface area contributed by atoms with E-state index in [-0.39, 0.29) is 11.5 Å². The Labute approximate surface area is 198 Å². The van der Waals surface area contributed by atoms with Gasteiger partial charge >= 0.3 is 5.69 Å². The van der Waals surface area contributed by atoms with E-state index in [2.05, 4.69) is 36.9 Å². The minimum Gasteiger partial charge on any atom is -0.448 e. The number of nitrogens with zero attached hydrogens (tertiary/aromatic N) is 3. The molecule has 0 aromatic heterocycles. The number of nitro benzene ring substituents is 2. The van der Waals surface area contributed by atoms with Crippen molar-refractivity contribution in [3.05, 3.63) is 93.9 Å². The Bertz CT molecular complexity index is 1230. The first-order chi connectivity index (χ1) is 14.7. The van der Waals surface area contributed by atoms with Gasteiger partial charge in [-0.1, -0.05) is 33.6 Å². The maximum atomic E-state index is 11.4. The second-order valence-corrected chi connectivity index (χ2v) is 8.39. The fraction of sp³-hybridized carbons (Fsp3) is 0.0500. The van der Waals surface area contributed by atoms with Crippen LogP contribution in [0.3, 0.4) is 0 Å². The van der Waals surface area contributed by atoms with E-state index in [0.717, 1.165) is 17.7 Å². The van der Waals surface area contributed by atoms with Gasteiger partial charge in [0.25, 0.3) is 5.69 Å². The molecule has 0 saturated carbocycles. The molecule has 8 nitrogen and oxygen atoms in total. The highest BCUT2D eigenvalue weighted by Crippen LogP contribution is 2.40. The third-order valence-corrected chi connectivity index (χ3v) is 5.64. The van der Waals surface area contributed by atoms with Crippen LogP contribution in [0, 0.1) is 27.2 Å². The molecule has 0 spiro atoms. The summed E-state index contributed by atoms with van der Waals surface area (Å²) in [5.74, 6) is 0.107. The van der Waals surface area contributed by atoms with Crippen LogP contribution in [0.2, 0.25) is 5.02 Å². The van der Waals surface area contributed by atoms with Crippen molar-refractivity contribution in [2.45, 2.75) is 6.92 Å². The van der Waals surface area contributed by atoms with Crippen LogP contribution in [0.15, 0.2) is 62.5 Å². The van der Waals surface area contributed by atoms with E-state index in [1.807, 2.05) is 6.92 Å². The van der Waals surface area contributed by atoms with Crippen LogP contribution in [-0.2, 0) is 0 Å². The maximum Gasteiger partial charge on any atom is 0.318 e. The van der Waals surface area contributed by atoms with Gasteiger partial charge in [0.1, 0.15) is 0 Å². The molecule has 3 rings (SSSR count). The Morgan fingerprint density at radius 3 is 2.48 bits per heavy atom. The highest BCUT2D eigenvalue weighted by Gasteiger charge is 2.23. The van der Waals surface area contributed by atoms with Crippen LogP contribution in [-0.4, -0.2) is 16.1 Å². The minimum absolute atomic E-state index is 0.146. The molecule has 31 heavy (non-hydrogen) atoms. The smallest absolute Gasteiger partial charge is 0.318 e. The Hall–Kier alpha value is -2.82. The lowest BCUT2D eigenvalue weighted by atomic mass is 10.2. The van der Waals surface area contributed by atoms with E-state index in [1.165, 1.54) is 6.07 Å². The summed E-state index contributed by atoms with van der Waals surface area (Å²) >= 11 is 12.9. The lowest BCUT2D eigenvalue weighted by molar-refractivity contribution is -0.394. The summed E-state index contributed by atoms with van der Waals surface area (Å²) in [7, 11) is 0. The molecule has 0 radical (unpaired) electrons. The molecular formula is C20H12Br2ClN3O5. The Kier molecular flexibility index (Phi) is 7.04. The molecule has 0 atom stereocenters. The van der Waals surface area contributed by atoms with Crippen LogP contribution in [0.4, 0.5) is 17.1 Å². The normalized spacial score (nSPS) is 11.0. The van der Waals surface area contributed by atoms with E-state index in [9.17, 15) is 20.2 Å². The average molecular weight is 570 g/mol. The largest absolute Gasteiger partial charge is 0.448 e.